The fourth-order valence-corrected chi connectivity index (χ4v) is 10.3. The molecular weight excluding hydrogens is 775 g/mol. The maximum Gasteiger partial charge on any atom is 0.0713 e. The van der Waals surface area contributed by atoms with E-state index in [2.05, 4.69) is 275 Å². The van der Waals surface area contributed by atoms with Crippen LogP contribution in [0.2, 0.25) is 0 Å². The Morgan fingerprint density at radius 2 is 0.656 bits per heavy atom. The lowest BCUT2D eigenvalue weighted by atomic mass is 9.67. The first-order valence-electron chi connectivity index (χ1n) is 22.0. The van der Waals surface area contributed by atoms with Crippen LogP contribution in [0.1, 0.15) is 22.3 Å². The molecule has 0 unspecified atom stereocenters. The highest BCUT2D eigenvalue weighted by Gasteiger charge is 2.46. The van der Waals surface area contributed by atoms with Crippen molar-refractivity contribution in [2.24, 2.45) is 0 Å². The topological polar surface area (TPSA) is 11.4 Å². The lowest BCUT2D eigenvalue weighted by molar-refractivity contribution is 0.770. The van der Waals surface area contributed by atoms with Crippen LogP contribution in [0.4, 0.5) is 34.1 Å². The number of fused-ring (bicyclic) bond motifs is 6. The minimum Gasteiger partial charge on any atom is -0.311 e. The molecule has 0 fully saturated rings. The molecule has 1 aliphatic rings. The van der Waals surface area contributed by atoms with Crippen LogP contribution in [0, 0.1) is 0 Å². The van der Waals surface area contributed by atoms with Crippen molar-refractivity contribution in [3.05, 3.63) is 283 Å². The Balaban J connectivity index is 1.11. The molecule has 12 rings (SSSR count). The second kappa shape index (κ2) is 15.5. The number of rotatable bonds is 9. The summed E-state index contributed by atoms with van der Waals surface area (Å²) in [4.78, 5) is 4.67. The van der Waals surface area contributed by atoms with Gasteiger partial charge in [0.15, 0.2) is 0 Å². The Bertz CT molecular complexity index is 3290. The van der Waals surface area contributed by atoms with Gasteiger partial charge in [0.25, 0.3) is 0 Å². The molecule has 302 valence electrons. The van der Waals surface area contributed by atoms with Gasteiger partial charge >= 0.3 is 0 Å². The van der Waals surface area contributed by atoms with Gasteiger partial charge in [-0.1, -0.05) is 158 Å². The average molecular weight is 818 g/mol. The van der Waals surface area contributed by atoms with Crippen molar-refractivity contribution < 1.29 is 0 Å². The van der Waals surface area contributed by atoms with E-state index in [-0.39, 0.29) is 0 Å². The van der Waals surface area contributed by atoms with Gasteiger partial charge in [-0.2, -0.15) is 0 Å². The SMILES string of the molecule is c1ccc(N(c2ccccc2)c2ccc(-n3c4ccc(N(c5ccccc5)c5ccccc5)cc4c4cc(C5(c6ccccc6)c6ccccc6-c6ccccc65)ccc43)cc2)cc1. The van der Waals surface area contributed by atoms with Crippen molar-refractivity contribution in [3.8, 4) is 16.8 Å². The molecule has 10 aromatic carbocycles. The minimum atomic E-state index is -0.519. The summed E-state index contributed by atoms with van der Waals surface area (Å²) in [5.74, 6) is 0. The monoisotopic (exact) mass is 817 g/mol. The second-order valence-corrected chi connectivity index (χ2v) is 16.5. The van der Waals surface area contributed by atoms with Crippen LogP contribution in [0.3, 0.4) is 0 Å². The fourth-order valence-electron chi connectivity index (χ4n) is 10.3. The number of hydrogen-bond acceptors (Lipinski definition) is 2. The summed E-state index contributed by atoms with van der Waals surface area (Å²) in [5.41, 5.74) is 17.2. The molecule has 1 aromatic heterocycles. The van der Waals surface area contributed by atoms with Crippen LogP contribution in [-0.2, 0) is 5.41 Å². The highest BCUT2D eigenvalue weighted by atomic mass is 15.1. The maximum absolute atomic E-state index is 2.49. The third-order valence-electron chi connectivity index (χ3n) is 13.0. The first kappa shape index (κ1) is 37.4. The summed E-state index contributed by atoms with van der Waals surface area (Å²) in [5, 5.41) is 2.39. The van der Waals surface area contributed by atoms with Crippen molar-refractivity contribution in [1.82, 2.24) is 4.57 Å². The molecule has 0 saturated carbocycles. The lowest BCUT2D eigenvalue weighted by Gasteiger charge is -2.34. The Kier molecular flexibility index (Phi) is 9.05. The first-order chi connectivity index (χ1) is 31.8. The third-order valence-corrected chi connectivity index (χ3v) is 13.0. The highest BCUT2D eigenvalue weighted by Crippen LogP contribution is 2.56. The van der Waals surface area contributed by atoms with Gasteiger partial charge < -0.3 is 14.4 Å². The van der Waals surface area contributed by atoms with E-state index in [1.165, 1.54) is 44.2 Å². The summed E-state index contributed by atoms with van der Waals surface area (Å²) >= 11 is 0. The summed E-state index contributed by atoms with van der Waals surface area (Å²) in [6.07, 6.45) is 0. The first-order valence-corrected chi connectivity index (χ1v) is 22.0. The van der Waals surface area contributed by atoms with Gasteiger partial charge in [0, 0.05) is 50.6 Å². The van der Waals surface area contributed by atoms with Crippen LogP contribution in [0.25, 0.3) is 38.6 Å². The zero-order valence-corrected chi connectivity index (χ0v) is 35.2. The molecule has 0 atom stereocenters. The van der Waals surface area contributed by atoms with Gasteiger partial charge in [-0.3, -0.25) is 0 Å². The normalized spacial score (nSPS) is 12.5. The predicted octanol–water partition coefficient (Wildman–Crippen LogP) is 16.1. The summed E-state index contributed by atoms with van der Waals surface area (Å²) in [6.45, 7) is 0. The molecule has 11 aromatic rings. The quantitative estimate of drug-likeness (QED) is 0.144. The molecule has 0 radical (unpaired) electrons. The van der Waals surface area contributed by atoms with E-state index in [9.17, 15) is 0 Å². The Hall–Kier alpha value is -8.40. The Morgan fingerprint density at radius 1 is 0.281 bits per heavy atom. The highest BCUT2D eigenvalue weighted by molar-refractivity contribution is 6.11. The zero-order valence-electron chi connectivity index (χ0n) is 35.2. The standard InChI is InChI=1S/C61H43N3/c1-6-20-44(21-7-1)61(57-32-18-16-30-53(57)54-31-17-19-33-58(54)61)45-34-40-59-55(42-45)56-43-52(63(48-26-12-4-13-27-48)49-28-14-5-15-29-49)39-41-60(56)64(59)51-37-35-50(36-38-51)62(46-22-8-2-9-23-46)47-24-10-3-11-25-47/h1-43H. The van der Waals surface area contributed by atoms with Crippen molar-refractivity contribution in [2.75, 3.05) is 9.80 Å². The molecule has 0 bridgehead atoms. The predicted molar refractivity (Wildman–Crippen MR) is 267 cm³/mol. The van der Waals surface area contributed by atoms with E-state index in [0.29, 0.717) is 0 Å². The number of aromatic nitrogens is 1. The van der Waals surface area contributed by atoms with Crippen molar-refractivity contribution in [1.29, 1.82) is 0 Å². The summed E-state index contributed by atoms with van der Waals surface area (Å²) in [7, 11) is 0. The molecule has 0 spiro atoms. The molecular formula is C61H43N3. The summed E-state index contributed by atoms with van der Waals surface area (Å²) in [6, 6.07) is 94.9. The molecule has 1 aliphatic carbocycles. The Labute approximate surface area is 374 Å². The van der Waals surface area contributed by atoms with Gasteiger partial charge in [0.2, 0.25) is 0 Å². The maximum atomic E-state index is 2.49. The second-order valence-electron chi connectivity index (χ2n) is 16.5. The zero-order chi connectivity index (χ0) is 42.5. The van der Waals surface area contributed by atoms with Crippen LogP contribution >= 0.6 is 0 Å². The number of para-hydroxylation sites is 4. The van der Waals surface area contributed by atoms with Crippen LogP contribution < -0.4 is 9.80 Å². The van der Waals surface area contributed by atoms with Crippen LogP contribution in [0.15, 0.2) is 261 Å². The van der Waals surface area contributed by atoms with Gasteiger partial charge in [-0.25, -0.2) is 0 Å². The van der Waals surface area contributed by atoms with Gasteiger partial charge in [-0.05, 0) is 137 Å². The molecule has 3 nitrogen and oxygen atoms in total. The number of hydrogen-bond donors (Lipinski definition) is 0. The van der Waals surface area contributed by atoms with Crippen LogP contribution in [-0.4, -0.2) is 4.57 Å². The van der Waals surface area contributed by atoms with E-state index in [4.69, 9.17) is 0 Å². The van der Waals surface area contributed by atoms with Crippen molar-refractivity contribution in [3.63, 3.8) is 0 Å². The minimum absolute atomic E-state index is 0.519. The van der Waals surface area contributed by atoms with Crippen molar-refractivity contribution >= 4 is 55.9 Å². The number of anilines is 6. The molecule has 3 heteroatoms. The molecule has 1 heterocycles. The van der Waals surface area contributed by atoms with Gasteiger partial charge in [-0.15, -0.1) is 0 Å². The van der Waals surface area contributed by atoms with Crippen LogP contribution in [0.5, 0.6) is 0 Å². The van der Waals surface area contributed by atoms with E-state index in [1.54, 1.807) is 0 Å². The average Bonchev–Trinajstić information content (AvgIpc) is 3.86. The number of benzene rings is 10. The van der Waals surface area contributed by atoms with E-state index < -0.39 is 5.41 Å². The summed E-state index contributed by atoms with van der Waals surface area (Å²) < 4.78 is 2.44. The molecule has 0 aliphatic heterocycles. The third kappa shape index (κ3) is 5.97. The van der Waals surface area contributed by atoms with E-state index >= 15 is 0 Å². The fraction of sp³-hybridized carbons (Fsp3) is 0.0164. The van der Waals surface area contributed by atoms with Crippen molar-refractivity contribution in [2.45, 2.75) is 5.41 Å². The Morgan fingerprint density at radius 3 is 1.16 bits per heavy atom. The number of nitrogens with zero attached hydrogens (tertiary/aromatic N) is 3. The van der Waals surface area contributed by atoms with Gasteiger partial charge in [0.05, 0.1) is 16.4 Å². The molecule has 0 amide bonds. The van der Waals surface area contributed by atoms with E-state index in [0.717, 1.165) is 50.8 Å². The van der Waals surface area contributed by atoms with Gasteiger partial charge in [0.1, 0.15) is 0 Å². The lowest BCUT2D eigenvalue weighted by Crippen LogP contribution is -2.28. The van der Waals surface area contributed by atoms with E-state index in [1.807, 2.05) is 0 Å². The molecule has 0 saturated heterocycles. The molecule has 64 heavy (non-hydrogen) atoms. The molecule has 0 N–H and O–H groups in total. The smallest absolute Gasteiger partial charge is 0.0713 e. The largest absolute Gasteiger partial charge is 0.311 e.